The summed E-state index contributed by atoms with van der Waals surface area (Å²) in [4.78, 5) is 24.0. The van der Waals surface area contributed by atoms with Crippen LogP contribution in [0.1, 0.15) is 22.8 Å². The maximum atomic E-state index is 12.0. The average Bonchev–Trinajstić information content (AvgIpc) is 2.50. The van der Waals surface area contributed by atoms with Gasteiger partial charge in [0.1, 0.15) is 6.04 Å². The van der Waals surface area contributed by atoms with E-state index in [1.165, 1.54) is 0 Å². The Bertz CT molecular complexity index is 621. The van der Waals surface area contributed by atoms with Crippen LogP contribution < -0.4 is 10.6 Å². The fourth-order valence-electron chi connectivity index (χ4n) is 1.82. The van der Waals surface area contributed by atoms with Crippen molar-refractivity contribution >= 4 is 17.5 Å². The van der Waals surface area contributed by atoms with Gasteiger partial charge in [0, 0.05) is 11.3 Å². The minimum atomic E-state index is -0.612. The van der Waals surface area contributed by atoms with E-state index in [0.29, 0.717) is 11.3 Å². The summed E-state index contributed by atoms with van der Waals surface area (Å²) >= 11 is 0. The van der Waals surface area contributed by atoms with Gasteiger partial charge in [0.25, 0.3) is 5.91 Å². The molecule has 0 aliphatic rings. The van der Waals surface area contributed by atoms with E-state index >= 15 is 0 Å². The normalized spacial score (nSPS) is 11.5. The second-order valence-electron chi connectivity index (χ2n) is 4.92. The molecule has 108 valence electrons. The Balaban J connectivity index is 1.93. The third kappa shape index (κ3) is 4.18. The smallest absolute Gasteiger partial charge is 0.251 e. The summed E-state index contributed by atoms with van der Waals surface area (Å²) in [7, 11) is 0. The number of aryl methyl sites for hydroxylation is 1. The number of carbonyl (C=O) groups excluding carboxylic acids is 2. The van der Waals surface area contributed by atoms with Gasteiger partial charge in [-0.3, -0.25) is 9.59 Å². The van der Waals surface area contributed by atoms with Crippen molar-refractivity contribution in [2.45, 2.75) is 19.9 Å². The number of amides is 2. The molecule has 0 fully saturated rings. The quantitative estimate of drug-likeness (QED) is 0.906. The van der Waals surface area contributed by atoms with Crippen LogP contribution in [0.25, 0.3) is 0 Å². The van der Waals surface area contributed by atoms with Crippen molar-refractivity contribution in [2.75, 3.05) is 5.32 Å². The highest BCUT2D eigenvalue weighted by Crippen LogP contribution is 2.09. The lowest BCUT2D eigenvalue weighted by Crippen LogP contribution is -2.41. The Kier molecular flexibility index (Phi) is 4.72. The molecule has 0 radical (unpaired) electrons. The number of anilines is 1. The Morgan fingerprint density at radius 1 is 0.952 bits per heavy atom. The predicted octanol–water partition coefficient (Wildman–Crippen LogP) is 2.75. The molecule has 4 heteroatoms. The van der Waals surface area contributed by atoms with Gasteiger partial charge >= 0.3 is 0 Å². The van der Waals surface area contributed by atoms with Crippen molar-refractivity contribution in [3.05, 3.63) is 65.7 Å². The highest BCUT2D eigenvalue weighted by molar-refractivity contribution is 6.00. The van der Waals surface area contributed by atoms with E-state index in [4.69, 9.17) is 0 Å². The van der Waals surface area contributed by atoms with Gasteiger partial charge in [0.15, 0.2) is 0 Å². The topological polar surface area (TPSA) is 58.2 Å². The molecular formula is C17H18N2O2. The van der Waals surface area contributed by atoms with E-state index < -0.39 is 6.04 Å². The van der Waals surface area contributed by atoms with E-state index in [1.807, 2.05) is 37.3 Å². The largest absolute Gasteiger partial charge is 0.341 e. The predicted molar refractivity (Wildman–Crippen MR) is 83.2 cm³/mol. The van der Waals surface area contributed by atoms with Crippen LogP contribution in [0.5, 0.6) is 0 Å². The van der Waals surface area contributed by atoms with Crippen molar-refractivity contribution in [3.63, 3.8) is 0 Å². The van der Waals surface area contributed by atoms with Gasteiger partial charge in [-0.05, 0) is 38.1 Å². The van der Waals surface area contributed by atoms with Gasteiger partial charge in [0.05, 0.1) is 0 Å². The first-order valence-corrected chi connectivity index (χ1v) is 6.79. The van der Waals surface area contributed by atoms with E-state index in [0.717, 1.165) is 5.56 Å². The van der Waals surface area contributed by atoms with Crippen molar-refractivity contribution < 1.29 is 9.59 Å². The molecule has 4 nitrogen and oxygen atoms in total. The van der Waals surface area contributed by atoms with Crippen LogP contribution in [0, 0.1) is 6.92 Å². The number of hydrogen-bond donors (Lipinski definition) is 2. The van der Waals surface area contributed by atoms with Crippen molar-refractivity contribution in [1.82, 2.24) is 5.32 Å². The minimum absolute atomic E-state index is 0.247. The molecule has 0 heterocycles. The lowest BCUT2D eigenvalue weighted by Gasteiger charge is -2.14. The molecule has 0 unspecified atom stereocenters. The summed E-state index contributed by atoms with van der Waals surface area (Å²) in [5.41, 5.74) is 2.37. The molecule has 0 saturated carbocycles. The van der Waals surface area contributed by atoms with Gasteiger partial charge in [-0.1, -0.05) is 35.9 Å². The van der Waals surface area contributed by atoms with E-state index in [1.54, 1.807) is 31.2 Å². The molecule has 0 saturated heterocycles. The summed E-state index contributed by atoms with van der Waals surface area (Å²) in [6.07, 6.45) is 0. The zero-order valence-corrected chi connectivity index (χ0v) is 12.1. The first-order chi connectivity index (χ1) is 10.1. The number of benzene rings is 2. The highest BCUT2D eigenvalue weighted by atomic mass is 16.2. The summed E-state index contributed by atoms with van der Waals surface area (Å²) in [5.74, 6) is -0.509. The SMILES string of the molecule is Cc1ccc(NC(=O)[C@H](C)NC(=O)c2ccccc2)cc1. The molecule has 0 aliphatic heterocycles. The molecule has 2 amide bonds. The van der Waals surface area contributed by atoms with E-state index in [2.05, 4.69) is 10.6 Å². The first-order valence-electron chi connectivity index (χ1n) is 6.79. The summed E-state index contributed by atoms with van der Waals surface area (Å²) in [5, 5.41) is 5.45. The number of rotatable bonds is 4. The first kappa shape index (κ1) is 14.8. The van der Waals surface area contributed by atoms with Gasteiger partial charge in [0.2, 0.25) is 5.91 Å². The molecule has 1 atom stereocenters. The van der Waals surface area contributed by atoms with Crippen molar-refractivity contribution in [1.29, 1.82) is 0 Å². The molecule has 0 spiro atoms. The second-order valence-corrected chi connectivity index (χ2v) is 4.92. The molecule has 2 N–H and O–H groups in total. The second kappa shape index (κ2) is 6.70. The maximum Gasteiger partial charge on any atom is 0.251 e. The molecule has 21 heavy (non-hydrogen) atoms. The molecule has 2 aromatic rings. The van der Waals surface area contributed by atoms with Gasteiger partial charge in [-0.15, -0.1) is 0 Å². The van der Waals surface area contributed by atoms with Crippen LogP contribution >= 0.6 is 0 Å². The zero-order chi connectivity index (χ0) is 15.2. The summed E-state index contributed by atoms with van der Waals surface area (Å²) in [6, 6.07) is 15.7. The highest BCUT2D eigenvalue weighted by Gasteiger charge is 2.16. The maximum absolute atomic E-state index is 12.0. The van der Waals surface area contributed by atoms with Crippen molar-refractivity contribution in [3.8, 4) is 0 Å². The summed E-state index contributed by atoms with van der Waals surface area (Å²) < 4.78 is 0. The Labute approximate surface area is 124 Å². The molecule has 2 rings (SSSR count). The van der Waals surface area contributed by atoms with Crippen LogP contribution in [0.2, 0.25) is 0 Å². The van der Waals surface area contributed by atoms with Gasteiger partial charge < -0.3 is 10.6 Å². The van der Waals surface area contributed by atoms with E-state index in [-0.39, 0.29) is 11.8 Å². The van der Waals surface area contributed by atoms with Crippen LogP contribution in [-0.4, -0.2) is 17.9 Å². The van der Waals surface area contributed by atoms with Crippen LogP contribution in [0.3, 0.4) is 0 Å². The lowest BCUT2D eigenvalue weighted by atomic mass is 10.2. The standard InChI is InChI=1S/C17H18N2O2/c1-12-8-10-15(11-9-12)19-16(20)13(2)18-17(21)14-6-4-3-5-7-14/h3-11,13H,1-2H3,(H,18,21)(H,19,20)/t13-/m0/s1. The Morgan fingerprint density at radius 2 is 1.57 bits per heavy atom. The molecule has 0 aromatic heterocycles. The molecule has 0 bridgehead atoms. The zero-order valence-electron chi connectivity index (χ0n) is 12.1. The van der Waals surface area contributed by atoms with Gasteiger partial charge in [-0.25, -0.2) is 0 Å². The third-order valence-electron chi connectivity index (χ3n) is 3.10. The fraction of sp³-hybridized carbons (Fsp3) is 0.176. The summed E-state index contributed by atoms with van der Waals surface area (Å²) in [6.45, 7) is 3.64. The monoisotopic (exact) mass is 282 g/mol. The molecule has 0 aliphatic carbocycles. The van der Waals surface area contributed by atoms with Gasteiger partial charge in [-0.2, -0.15) is 0 Å². The lowest BCUT2D eigenvalue weighted by molar-refractivity contribution is -0.117. The number of hydrogen-bond acceptors (Lipinski definition) is 2. The van der Waals surface area contributed by atoms with Crippen LogP contribution in [0.4, 0.5) is 5.69 Å². The van der Waals surface area contributed by atoms with Crippen LogP contribution in [0.15, 0.2) is 54.6 Å². The van der Waals surface area contributed by atoms with E-state index in [9.17, 15) is 9.59 Å². The Hall–Kier alpha value is -2.62. The van der Waals surface area contributed by atoms with Crippen LogP contribution in [-0.2, 0) is 4.79 Å². The third-order valence-corrected chi connectivity index (χ3v) is 3.10. The number of nitrogens with one attached hydrogen (secondary N) is 2. The Morgan fingerprint density at radius 3 is 2.19 bits per heavy atom. The molecule has 2 aromatic carbocycles. The molecular weight excluding hydrogens is 264 g/mol. The fourth-order valence-corrected chi connectivity index (χ4v) is 1.82. The van der Waals surface area contributed by atoms with Crippen molar-refractivity contribution in [2.24, 2.45) is 0 Å². The number of carbonyl (C=O) groups is 2. The average molecular weight is 282 g/mol. The minimum Gasteiger partial charge on any atom is -0.341 e.